The molecule has 1 aromatic heterocycles. The van der Waals surface area contributed by atoms with Crippen LogP contribution in [0.25, 0.3) is 22.0 Å². The maximum Gasteiger partial charge on any atom is 0.382 e. The number of aliphatic hydroxyl groups is 1. The Morgan fingerprint density at radius 2 is 1.76 bits per heavy atom. The SMILES string of the molecule is CCOC(=O)C(F)(F)c1cccc([C@@H](C)Nc2nc(C)nc3ccc(-c4ccc(OC(C)=O)c(C[C@@H](O)N(C)C)c4)cc23)c1F. The summed E-state index contributed by atoms with van der Waals surface area (Å²) in [4.78, 5) is 34.2. The molecule has 238 valence electrons. The van der Waals surface area contributed by atoms with Crippen molar-refractivity contribution in [3.8, 4) is 16.9 Å². The lowest BCUT2D eigenvalue weighted by molar-refractivity contribution is -0.173. The molecule has 0 amide bonds. The molecule has 0 unspecified atom stereocenters. The summed E-state index contributed by atoms with van der Waals surface area (Å²) in [5.41, 5.74) is 1.54. The van der Waals surface area contributed by atoms with Crippen LogP contribution in [-0.2, 0) is 26.7 Å². The number of nitrogens with one attached hydrogen (secondary N) is 1. The zero-order valence-electron chi connectivity index (χ0n) is 25.8. The van der Waals surface area contributed by atoms with Crippen LogP contribution in [0.1, 0.15) is 49.3 Å². The molecule has 3 aromatic carbocycles. The van der Waals surface area contributed by atoms with E-state index < -0.39 is 41.5 Å². The number of aromatic nitrogens is 2. The highest BCUT2D eigenvalue weighted by Crippen LogP contribution is 2.36. The van der Waals surface area contributed by atoms with Crippen LogP contribution in [-0.4, -0.2) is 58.8 Å². The number of hydrogen-bond donors (Lipinski definition) is 2. The predicted octanol–water partition coefficient (Wildman–Crippen LogP) is 5.92. The number of esters is 2. The van der Waals surface area contributed by atoms with E-state index in [4.69, 9.17) is 4.74 Å². The molecular formula is C33H35F3N4O5. The van der Waals surface area contributed by atoms with Crippen molar-refractivity contribution in [2.24, 2.45) is 0 Å². The number of halogens is 3. The van der Waals surface area contributed by atoms with Gasteiger partial charge in [0, 0.05) is 24.3 Å². The van der Waals surface area contributed by atoms with Gasteiger partial charge in [0.1, 0.15) is 29.4 Å². The minimum atomic E-state index is -4.17. The molecule has 0 fully saturated rings. The highest BCUT2D eigenvalue weighted by Gasteiger charge is 2.45. The standard InChI is InChI=1S/C33H35F3N4O5/c1-7-44-32(43)33(35,36)26-10-8-9-24(30(26)34)18(2)37-31-25-16-22(11-13-27(25)38-19(3)39-31)21-12-14-28(45-20(4)41)23(15-21)17-29(42)40(5)6/h8-16,18,29,42H,7,17H2,1-6H3,(H,37,38,39)/t18-,29-/m1/s1. The number of aliphatic hydroxyl groups excluding tert-OH is 1. The fourth-order valence-electron chi connectivity index (χ4n) is 4.83. The number of aryl methyl sites for hydroxylation is 1. The third-order valence-electron chi connectivity index (χ3n) is 7.17. The van der Waals surface area contributed by atoms with Gasteiger partial charge in [-0.2, -0.15) is 8.78 Å². The number of alkyl halides is 2. The monoisotopic (exact) mass is 624 g/mol. The second-order valence-electron chi connectivity index (χ2n) is 10.8. The number of likely N-dealkylation sites (N-methyl/N-ethyl adjacent to an activating group) is 1. The Bertz CT molecular complexity index is 1730. The normalized spacial score (nSPS) is 13.0. The van der Waals surface area contributed by atoms with Gasteiger partial charge in [0.2, 0.25) is 0 Å². The summed E-state index contributed by atoms with van der Waals surface area (Å²) >= 11 is 0. The molecule has 2 atom stereocenters. The first kappa shape index (κ1) is 33.3. The predicted molar refractivity (Wildman–Crippen MR) is 163 cm³/mol. The molecule has 0 saturated heterocycles. The van der Waals surface area contributed by atoms with Crippen LogP contribution < -0.4 is 10.1 Å². The maximum absolute atomic E-state index is 15.5. The van der Waals surface area contributed by atoms with Crippen molar-refractivity contribution in [2.75, 3.05) is 26.0 Å². The van der Waals surface area contributed by atoms with Gasteiger partial charge in [0.15, 0.2) is 0 Å². The molecule has 45 heavy (non-hydrogen) atoms. The van der Waals surface area contributed by atoms with Crippen molar-refractivity contribution < 1.29 is 37.3 Å². The summed E-state index contributed by atoms with van der Waals surface area (Å²) < 4.78 is 54.8. The number of rotatable bonds is 11. The molecule has 0 aliphatic rings. The first-order valence-electron chi connectivity index (χ1n) is 14.3. The zero-order chi connectivity index (χ0) is 33.1. The van der Waals surface area contributed by atoms with Gasteiger partial charge >= 0.3 is 17.9 Å². The second-order valence-corrected chi connectivity index (χ2v) is 10.8. The topological polar surface area (TPSA) is 114 Å². The molecule has 12 heteroatoms. The Hall–Kier alpha value is -4.55. The van der Waals surface area contributed by atoms with Gasteiger partial charge in [-0.15, -0.1) is 0 Å². The molecule has 9 nitrogen and oxygen atoms in total. The Labute approximate surface area is 259 Å². The van der Waals surface area contributed by atoms with E-state index in [1.807, 2.05) is 18.2 Å². The smallest absolute Gasteiger partial charge is 0.382 e. The van der Waals surface area contributed by atoms with Crippen molar-refractivity contribution in [2.45, 2.75) is 52.3 Å². The van der Waals surface area contributed by atoms with E-state index in [-0.39, 0.29) is 18.6 Å². The number of benzene rings is 3. The summed E-state index contributed by atoms with van der Waals surface area (Å²) in [6.45, 7) is 5.70. The van der Waals surface area contributed by atoms with Crippen LogP contribution >= 0.6 is 0 Å². The van der Waals surface area contributed by atoms with Crippen LogP contribution in [0.2, 0.25) is 0 Å². The number of hydrogen-bond acceptors (Lipinski definition) is 9. The molecule has 0 spiro atoms. The van der Waals surface area contributed by atoms with E-state index in [0.29, 0.717) is 33.9 Å². The largest absolute Gasteiger partial charge is 0.461 e. The van der Waals surface area contributed by atoms with E-state index in [1.54, 1.807) is 51.0 Å². The molecule has 0 radical (unpaired) electrons. The molecule has 0 aliphatic heterocycles. The summed E-state index contributed by atoms with van der Waals surface area (Å²) in [7, 11) is 3.46. The molecule has 4 aromatic rings. The number of ether oxygens (including phenoxy) is 2. The lowest BCUT2D eigenvalue weighted by atomic mass is 9.98. The van der Waals surface area contributed by atoms with Crippen molar-refractivity contribution >= 4 is 28.7 Å². The van der Waals surface area contributed by atoms with Crippen LogP contribution in [0.3, 0.4) is 0 Å². The summed E-state index contributed by atoms with van der Waals surface area (Å²) in [5, 5.41) is 14.2. The fourth-order valence-corrected chi connectivity index (χ4v) is 4.83. The van der Waals surface area contributed by atoms with E-state index in [9.17, 15) is 23.5 Å². The van der Waals surface area contributed by atoms with Gasteiger partial charge in [-0.05, 0) is 81.9 Å². The first-order chi connectivity index (χ1) is 21.2. The summed E-state index contributed by atoms with van der Waals surface area (Å²) in [6, 6.07) is 13.4. The Morgan fingerprint density at radius 3 is 2.42 bits per heavy atom. The van der Waals surface area contributed by atoms with E-state index in [2.05, 4.69) is 20.0 Å². The average molecular weight is 625 g/mol. The number of carbonyl (C=O) groups excluding carboxylic acids is 2. The van der Waals surface area contributed by atoms with E-state index >= 15 is 4.39 Å². The lowest BCUT2D eigenvalue weighted by Crippen LogP contribution is -2.30. The molecule has 0 bridgehead atoms. The molecule has 1 heterocycles. The third-order valence-corrected chi connectivity index (χ3v) is 7.17. The minimum Gasteiger partial charge on any atom is -0.461 e. The van der Waals surface area contributed by atoms with Gasteiger partial charge in [0.05, 0.1) is 23.7 Å². The Balaban J connectivity index is 1.73. The summed E-state index contributed by atoms with van der Waals surface area (Å²) in [6.07, 6.45) is -0.625. The fraction of sp³-hybridized carbons (Fsp3) is 0.333. The van der Waals surface area contributed by atoms with Crippen LogP contribution in [0.15, 0.2) is 54.6 Å². The average Bonchev–Trinajstić information content (AvgIpc) is 2.97. The van der Waals surface area contributed by atoms with E-state index in [1.165, 1.54) is 26.0 Å². The number of anilines is 1. The molecule has 0 saturated carbocycles. The van der Waals surface area contributed by atoms with Crippen LogP contribution in [0, 0.1) is 12.7 Å². The number of nitrogens with zero attached hydrogens (tertiary/aromatic N) is 3. The highest BCUT2D eigenvalue weighted by molar-refractivity contribution is 5.93. The maximum atomic E-state index is 15.5. The van der Waals surface area contributed by atoms with Crippen molar-refractivity contribution in [1.29, 1.82) is 0 Å². The molecule has 2 N–H and O–H groups in total. The van der Waals surface area contributed by atoms with Crippen molar-refractivity contribution in [3.05, 3.63) is 82.9 Å². The molecule has 4 rings (SSSR count). The van der Waals surface area contributed by atoms with Crippen molar-refractivity contribution in [3.63, 3.8) is 0 Å². The van der Waals surface area contributed by atoms with Gasteiger partial charge in [0.25, 0.3) is 0 Å². The van der Waals surface area contributed by atoms with Gasteiger partial charge in [-0.3, -0.25) is 9.69 Å². The highest BCUT2D eigenvalue weighted by atomic mass is 19.3. The van der Waals surface area contributed by atoms with Gasteiger partial charge in [-0.25, -0.2) is 19.2 Å². The quantitative estimate of drug-likeness (QED) is 0.119. The molecule has 0 aliphatic carbocycles. The first-order valence-corrected chi connectivity index (χ1v) is 14.3. The van der Waals surface area contributed by atoms with E-state index in [0.717, 1.165) is 17.2 Å². The van der Waals surface area contributed by atoms with Gasteiger partial charge in [-0.1, -0.05) is 24.3 Å². The zero-order valence-corrected chi connectivity index (χ0v) is 25.8. The van der Waals surface area contributed by atoms with Gasteiger partial charge < -0.3 is 19.9 Å². The Morgan fingerprint density at radius 1 is 1.07 bits per heavy atom. The van der Waals surface area contributed by atoms with Crippen LogP contribution in [0.4, 0.5) is 19.0 Å². The van der Waals surface area contributed by atoms with Crippen LogP contribution in [0.5, 0.6) is 5.75 Å². The second kappa shape index (κ2) is 13.6. The lowest BCUT2D eigenvalue weighted by Gasteiger charge is -2.21. The molecular weight excluding hydrogens is 589 g/mol. The van der Waals surface area contributed by atoms with Crippen molar-refractivity contribution in [1.82, 2.24) is 14.9 Å². The third kappa shape index (κ3) is 7.40. The number of carbonyl (C=O) groups is 2. The minimum absolute atomic E-state index is 0.0952. The summed E-state index contributed by atoms with van der Waals surface area (Å²) in [5.74, 6) is -6.61. The Kier molecular flexibility index (Phi) is 10.1. The number of fused-ring (bicyclic) bond motifs is 1.